The molecule has 18 heavy (non-hydrogen) atoms. The van der Waals surface area contributed by atoms with Crippen LogP contribution >= 0.6 is 11.3 Å². The second-order valence-electron chi connectivity index (χ2n) is 5.02. The highest BCUT2D eigenvalue weighted by Crippen LogP contribution is 2.31. The van der Waals surface area contributed by atoms with Gasteiger partial charge >= 0.3 is 0 Å². The Morgan fingerprint density at radius 3 is 2.83 bits per heavy atom. The molecule has 0 radical (unpaired) electrons. The van der Waals surface area contributed by atoms with Gasteiger partial charge in [-0.2, -0.15) is 4.31 Å². The highest BCUT2D eigenvalue weighted by Gasteiger charge is 2.37. The lowest BCUT2D eigenvalue weighted by Gasteiger charge is -2.26. The third-order valence-electron chi connectivity index (χ3n) is 3.46. The monoisotopic (exact) mass is 288 g/mol. The Kier molecular flexibility index (Phi) is 4.11. The molecule has 1 aromatic rings. The van der Waals surface area contributed by atoms with Crippen LogP contribution in [0.4, 0.5) is 0 Å². The zero-order chi connectivity index (χ0) is 13.3. The van der Waals surface area contributed by atoms with Crippen LogP contribution < -0.4 is 5.73 Å². The van der Waals surface area contributed by atoms with E-state index in [2.05, 4.69) is 13.8 Å². The predicted molar refractivity (Wildman–Crippen MR) is 74.0 cm³/mol. The minimum Gasteiger partial charge on any atom is -0.326 e. The van der Waals surface area contributed by atoms with Crippen molar-refractivity contribution in [2.75, 3.05) is 6.54 Å². The average molecular weight is 288 g/mol. The lowest BCUT2D eigenvalue weighted by atomic mass is 10.0. The fraction of sp³-hybridized carbons (Fsp3) is 0.667. The van der Waals surface area contributed by atoms with Gasteiger partial charge < -0.3 is 5.73 Å². The Morgan fingerprint density at radius 1 is 1.56 bits per heavy atom. The van der Waals surface area contributed by atoms with Crippen LogP contribution in [0, 0.1) is 5.92 Å². The van der Waals surface area contributed by atoms with Gasteiger partial charge in [-0.05, 0) is 24.8 Å². The lowest BCUT2D eigenvalue weighted by molar-refractivity contribution is 0.316. The predicted octanol–water partition coefficient (Wildman–Crippen LogP) is 2.02. The second-order valence-corrected chi connectivity index (χ2v) is 7.91. The number of hydrogen-bond acceptors (Lipinski definition) is 4. The van der Waals surface area contributed by atoms with Crippen LogP contribution in [0.15, 0.2) is 16.3 Å². The molecule has 1 aliphatic heterocycles. The first-order chi connectivity index (χ1) is 8.46. The van der Waals surface area contributed by atoms with E-state index in [0.717, 1.165) is 17.7 Å². The molecule has 0 bridgehead atoms. The van der Waals surface area contributed by atoms with Gasteiger partial charge in [0.1, 0.15) is 0 Å². The molecule has 102 valence electrons. The van der Waals surface area contributed by atoms with Crippen molar-refractivity contribution in [1.82, 2.24) is 4.31 Å². The summed E-state index contributed by atoms with van der Waals surface area (Å²) >= 11 is 1.41. The molecular weight excluding hydrogens is 268 g/mol. The van der Waals surface area contributed by atoms with Gasteiger partial charge in [0, 0.05) is 29.4 Å². The molecule has 0 aromatic carbocycles. The first-order valence-electron chi connectivity index (χ1n) is 6.26. The van der Waals surface area contributed by atoms with Crippen molar-refractivity contribution in [3.63, 3.8) is 0 Å². The van der Waals surface area contributed by atoms with Crippen LogP contribution in [0.25, 0.3) is 0 Å². The Bertz CT molecular complexity index is 508. The van der Waals surface area contributed by atoms with Gasteiger partial charge in [-0.1, -0.05) is 13.8 Å². The first-order valence-corrected chi connectivity index (χ1v) is 8.58. The van der Waals surface area contributed by atoms with Crippen molar-refractivity contribution in [3.05, 3.63) is 16.3 Å². The van der Waals surface area contributed by atoms with Gasteiger partial charge in [-0.15, -0.1) is 11.3 Å². The molecule has 2 rings (SSSR count). The van der Waals surface area contributed by atoms with E-state index < -0.39 is 10.0 Å². The molecule has 1 aromatic heterocycles. The molecule has 2 N–H and O–H groups in total. The van der Waals surface area contributed by atoms with Gasteiger partial charge in [-0.3, -0.25) is 0 Å². The fourth-order valence-corrected chi connectivity index (χ4v) is 5.44. The third kappa shape index (κ3) is 2.47. The maximum atomic E-state index is 12.6. The summed E-state index contributed by atoms with van der Waals surface area (Å²) in [6.45, 7) is 5.20. The maximum Gasteiger partial charge on any atom is 0.244 e. The fourth-order valence-electron chi connectivity index (χ4n) is 2.47. The number of sulfonamides is 1. The van der Waals surface area contributed by atoms with E-state index in [4.69, 9.17) is 5.73 Å². The molecular formula is C12H20N2O2S2. The van der Waals surface area contributed by atoms with Crippen molar-refractivity contribution in [1.29, 1.82) is 0 Å². The summed E-state index contributed by atoms with van der Waals surface area (Å²) in [4.78, 5) is 1.31. The topological polar surface area (TPSA) is 63.4 Å². The molecule has 2 heterocycles. The van der Waals surface area contributed by atoms with Crippen molar-refractivity contribution >= 4 is 21.4 Å². The van der Waals surface area contributed by atoms with E-state index in [9.17, 15) is 8.42 Å². The number of nitrogens with zero attached hydrogens (tertiary/aromatic N) is 1. The molecule has 1 aliphatic rings. The molecule has 1 fully saturated rings. The van der Waals surface area contributed by atoms with Gasteiger partial charge in [0.2, 0.25) is 10.0 Å². The minimum absolute atomic E-state index is 0.135. The Balaban J connectivity index is 2.30. The van der Waals surface area contributed by atoms with Crippen LogP contribution in [0.5, 0.6) is 0 Å². The van der Waals surface area contributed by atoms with Gasteiger partial charge in [0.15, 0.2) is 0 Å². The number of nitrogens with two attached hydrogens (primary N) is 1. The van der Waals surface area contributed by atoms with Crippen molar-refractivity contribution in [2.45, 2.75) is 44.2 Å². The van der Waals surface area contributed by atoms with E-state index in [1.54, 1.807) is 15.8 Å². The van der Waals surface area contributed by atoms with E-state index in [-0.39, 0.29) is 6.04 Å². The van der Waals surface area contributed by atoms with Gasteiger partial charge in [0.05, 0.1) is 4.90 Å². The Morgan fingerprint density at radius 2 is 2.28 bits per heavy atom. The zero-order valence-electron chi connectivity index (χ0n) is 10.8. The normalized spacial score (nSPS) is 21.9. The third-order valence-corrected chi connectivity index (χ3v) is 6.47. The Labute approximate surface area is 113 Å². The van der Waals surface area contributed by atoms with Crippen molar-refractivity contribution in [3.8, 4) is 0 Å². The summed E-state index contributed by atoms with van der Waals surface area (Å²) in [6, 6.07) is 1.84. The molecule has 1 saturated heterocycles. The van der Waals surface area contributed by atoms with Gasteiger partial charge in [0.25, 0.3) is 0 Å². The van der Waals surface area contributed by atoms with E-state index in [1.165, 1.54) is 11.3 Å². The smallest absolute Gasteiger partial charge is 0.244 e. The number of hydrogen-bond donors (Lipinski definition) is 1. The van der Waals surface area contributed by atoms with Crippen LogP contribution in [0.2, 0.25) is 0 Å². The van der Waals surface area contributed by atoms with E-state index in [0.29, 0.717) is 23.9 Å². The SMILES string of the molecule is CC(C)C1CCCN1S(=O)(=O)c1csc(CN)c1. The summed E-state index contributed by atoms with van der Waals surface area (Å²) in [5, 5.41) is 1.70. The lowest BCUT2D eigenvalue weighted by Crippen LogP contribution is -2.38. The van der Waals surface area contributed by atoms with Gasteiger partial charge in [-0.25, -0.2) is 8.42 Å². The van der Waals surface area contributed by atoms with Crippen LogP contribution in [-0.4, -0.2) is 25.3 Å². The van der Waals surface area contributed by atoms with E-state index >= 15 is 0 Å². The summed E-state index contributed by atoms with van der Waals surface area (Å²) < 4.78 is 26.8. The summed E-state index contributed by atoms with van der Waals surface area (Å²) in [5.41, 5.74) is 5.54. The number of rotatable bonds is 4. The summed E-state index contributed by atoms with van der Waals surface area (Å²) in [7, 11) is -3.33. The van der Waals surface area contributed by atoms with Crippen LogP contribution in [0.1, 0.15) is 31.6 Å². The molecule has 0 aliphatic carbocycles. The second kappa shape index (κ2) is 5.28. The maximum absolute atomic E-state index is 12.6. The minimum atomic E-state index is -3.33. The summed E-state index contributed by atoms with van der Waals surface area (Å²) in [5.74, 6) is 0.356. The van der Waals surface area contributed by atoms with Crippen molar-refractivity contribution in [2.24, 2.45) is 11.7 Å². The molecule has 1 atom stereocenters. The standard InChI is InChI=1S/C12H20N2O2S2/c1-9(2)12-4-3-5-14(12)18(15,16)11-6-10(7-13)17-8-11/h6,8-9,12H,3-5,7,13H2,1-2H3. The molecule has 0 spiro atoms. The number of thiophene rings is 1. The average Bonchev–Trinajstić information content (AvgIpc) is 2.98. The summed E-state index contributed by atoms with van der Waals surface area (Å²) in [6.07, 6.45) is 1.92. The van der Waals surface area contributed by atoms with Crippen LogP contribution in [0.3, 0.4) is 0 Å². The molecule has 0 amide bonds. The van der Waals surface area contributed by atoms with Crippen molar-refractivity contribution < 1.29 is 8.42 Å². The quantitative estimate of drug-likeness (QED) is 0.922. The molecule has 6 heteroatoms. The molecule has 0 saturated carbocycles. The highest BCUT2D eigenvalue weighted by molar-refractivity contribution is 7.89. The zero-order valence-corrected chi connectivity index (χ0v) is 12.4. The first kappa shape index (κ1) is 14.0. The van der Waals surface area contributed by atoms with Crippen LogP contribution in [-0.2, 0) is 16.6 Å². The molecule has 1 unspecified atom stereocenters. The van der Waals surface area contributed by atoms with E-state index in [1.807, 2.05) is 0 Å². The highest BCUT2D eigenvalue weighted by atomic mass is 32.2. The largest absolute Gasteiger partial charge is 0.326 e. The molecule has 4 nitrogen and oxygen atoms in total. The Hall–Kier alpha value is -0.430.